The van der Waals surface area contributed by atoms with Crippen molar-refractivity contribution in [3.63, 3.8) is 0 Å². The molecule has 1 aliphatic rings. The van der Waals surface area contributed by atoms with Gasteiger partial charge in [-0.15, -0.1) is 0 Å². The van der Waals surface area contributed by atoms with E-state index in [2.05, 4.69) is 10.6 Å². The van der Waals surface area contributed by atoms with Crippen LogP contribution >= 0.6 is 11.6 Å². The van der Waals surface area contributed by atoms with Crippen LogP contribution in [0.25, 0.3) is 0 Å². The van der Waals surface area contributed by atoms with E-state index in [-0.39, 0.29) is 16.4 Å². The van der Waals surface area contributed by atoms with E-state index in [9.17, 15) is 14.5 Å². The molecule has 5 nitrogen and oxygen atoms in total. The molecular formula is C11H13ClFN3O2. The standard InChI is InChI=1S/C11H13ClFN3O2/c12-8-3-10(11(16(17)18)4-9(8)13)15-6-7-1-2-14-5-7/h3-4,7,14-15H,1-2,5-6H2. The SMILES string of the molecule is O=[N+]([O-])c1cc(F)c(Cl)cc1NCC1CCNC1. The van der Waals surface area contributed by atoms with Crippen LogP contribution in [0.4, 0.5) is 15.8 Å². The van der Waals surface area contributed by atoms with E-state index in [1.807, 2.05) is 0 Å². The lowest BCUT2D eigenvalue weighted by Crippen LogP contribution is -2.17. The molecule has 98 valence electrons. The summed E-state index contributed by atoms with van der Waals surface area (Å²) in [5, 5.41) is 16.9. The molecule has 1 unspecified atom stereocenters. The van der Waals surface area contributed by atoms with Gasteiger partial charge in [-0.25, -0.2) is 4.39 Å². The number of rotatable bonds is 4. The highest BCUT2D eigenvalue weighted by molar-refractivity contribution is 6.31. The van der Waals surface area contributed by atoms with Crippen LogP contribution in [0.3, 0.4) is 0 Å². The summed E-state index contributed by atoms with van der Waals surface area (Å²) in [5.41, 5.74) is -0.0267. The van der Waals surface area contributed by atoms with Crippen LogP contribution in [0.5, 0.6) is 0 Å². The lowest BCUT2D eigenvalue weighted by Gasteiger charge is -2.12. The van der Waals surface area contributed by atoms with E-state index >= 15 is 0 Å². The fraction of sp³-hybridized carbons (Fsp3) is 0.455. The second kappa shape index (κ2) is 5.49. The molecule has 1 heterocycles. The molecule has 1 aliphatic heterocycles. The zero-order valence-electron chi connectivity index (χ0n) is 9.58. The molecule has 7 heteroatoms. The molecule has 0 spiro atoms. The zero-order valence-corrected chi connectivity index (χ0v) is 10.3. The van der Waals surface area contributed by atoms with Gasteiger partial charge in [-0.2, -0.15) is 0 Å². The summed E-state index contributed by atoms with van der Waals surface area (Å²) in [7, 11) is 0. The van der Waals surface area contributed by atoms with E-state index in [0.29, 0.717) is 12.5 Å². The van der Waals surface area contributed by atoms with Gasteiger partial charge in [-0.1, -0.05) is 11.6 Å². The Morgan fingerprint density at radius 3 is 3.00 bits per heavy atom. The van der Waals surface area contributed by atoms with E-state index < -0.39 is 10.7 Å². The minimum absolute atomic E-state index is 0.118. The number of anilines is 1. The fourth-order valence-electron chi connectivity index (χ4n) is 1.97. The summed E-state index contributed by atoms with van der Waals surface area (Å²) in [6.07, 6.45) is 1.02. The molecule has 2 rings (SSSR count). The third-order valence-electron chi connectivity index (χ3n) is 2.98. The number of nitrogens with zero attached hydrogens (tertiary/aromatic N) is 1. The molecule has 2 N–H and O–H groups in total. The Kier molecular flexibility index (Phi) is 3.98. The maximum Gasteiger partial charge on any atom is 0.295 e. The number of benzene rings is 1. The number of hydrogen-bond acceptors (Lipinski definition) is 4. The third-order valence-corrected chi connectivity index (χ3v) is 3.27. The highest BCUT2D eigenvalue weighted by Gasteiger charge is 2.20. The average molecular weight is 274 g/mol. The molecule has 0 bridgehead atoms. The highest BCUT2D eigenvalue weighted by Crippen LogP contribution is 2.30. The van der Waals surface area contributed by atoms with Gasteiger partial charge in [0.1, 0.15) is 11.5 Å². The maximum atomic E-state index is 13.2. The van der Waals surface area contributed by atoms with Crippen molar-refractivity contribution in [3.05, 3.63) is 33.1 Å². The maximum absolute atomic E-state index is 13.2. The summed E-state index contributed by atoms with van der Waals surface area (Å²) >= 11 is 5.64. The molecule has 0 aliphatic carbocycles. The summed E-state index contributed by atoms with van der Waals surface area (Å²) in [5.74, 6) is -0.357. The van der Waals surface area contributed by atoms with Crippen LogP contribution in [0.2, 0.25) is 5.02 Å². The fourth-order valence-corrected chi connectivity index (χ4v) is 2.14. The Balaban J connectivity index is 2.14. The Bertz CT molecular complexity index is 464. The van der Waals surface area contributed by atoms with E-state index in [4.69, 9.17) is 11.6 Å². The van der Waals surface area contributed by atoms with Gasteiger partial charge in [0.05, 0.1) is 16.0 Å². The third kappa shape index (κ3) is 2.88. The topological polar surface area (TPSA) is 67.2 Å². The zero-order chi connectivity index (χ0) is 13.1. The molecule has 1 aromatic carbocycles. The molecule has 1 saturated heterocycles. The van der Waals surface area contributed by atoms with Gasteiger partial charge >= 0.3 is 0 Å². The largest absolute Gasteiger partial charge is 0.379 e. The number of nitro groups is 1. The lowest BCUT2D eigenvalue weighted by molar-refractivity contribution is -0.384. The van der Waals surface area contributed by atoms with Gasteiger partial charge in [0.2, 0.25) is 0 Å². The molecule has 1 aromatic rings. The molecule has 0 saturated carbocycles. The first-order chi connectivity index (χ1) is 8.58. The first-order valence-corrected chi connectivity index (χ1v) is 6.03. The molecule has 0 aromatic heterocycles. The van der Waals surface area contributed by atoms with Crippen molar-refractivity contribution >= 4 is 23.0 Å². The Labute approximate surface area is 108 Å². The van der Waals surface area contributed by atoms with Gasteiger partial charge in [0.25, 0.3) is 5.69 Å². The first kappa shape index (κ1) is 13.0. The molecule has 1 atom stereocenters. The lowest BCUT2D eigenvalue weighted by atomic mass is 10.1. The van der Waals surface area contributed by atoms with E-state index in [0.717, 1.165) is 25.6 Å². The van der Waals surface area contributed by atoms with Gasteiger partial charge in [-0.05, 0) is 31.5 Å². The normalized spacial score (nSPS) is 18.9. The Morgan fingerprint density at radius 2 is 2.39 bits per heavy atom. The summed E-state index contributed by atoms with van der Waals surface area (Å²) in [6, 6.07) is 2.11. The van der Waals surface area contributed by atoms with Gasteiger partial charge in [-0.3, -0.25) is 10.1 Å². The summed E-state index contributed by atoms with van der Waals surface area (Å²) in [4.78, 5) is 10.2. The molecular weight excluding hydrogens is 261 g/mol. The van der Waals surface area contributed by atoms with E-state index in [1.165, 1.54) is 6.07 Å². The minimum Gasteiger partial charge on any atom is -0.379 e. The van der Waals surface area contributed by atoms with Crippen LogP contribution in [0.1, 0.15) is 6.42 Å². The van der Waals surface area contributed by atoms with Crippen molar-refractivity contribution in [3.8, 4) is 0 Å². The van der Waals surface area contributed by atoms with Crippen LogP contribution in [-0.2, 0) is 0 Å². The van der Waals surface area contributed by atoms with Crippen molar-refractivity contribution in [1.82, 2.24) is 5.32 Å². The monoisotopic (exact) mass is 273 g/mol. The second-order valence-corrected chi connectivity index (χ2v) is 4.69. The van der Waals surface area contributed by atoms with Gasteiger partial charge in [0.15, 0.2) is 0 Å². The molecule has 0 amide bonds. The summed E-state index contributed by atoms with van der Waals surface area (Å²) < 4.78 is 13.2. The van der Waals surface area contributed by atoms with E-state index in [1.54, 1.807) is 0 Å². The highest BCUT2D eigenvalue weighted by atomic mass is 35.5. The quantitative estimate of drug-likeness (QED) is 0.653. The first-order valence-electron chi connectivity index (χ1n) is 5.66. The van der Waals surface area contributed by atoms with Crippen LogP contribution < -0.4 is 10.6 Å². The molecule has 18 heavy (non-hydrogen) atoms. The number of halogens is 2. The van der Waals surface area contributed by atoms with Crippen LogP contribution in [0, 0.1) is 21.8 Å². The molecule has 0 radical (unpaired) electrons. The van der Waals surface area contributed by atoms with Crippen molar-refractivity contribution in [1.29, 1.82) is 0 Å². The van der Waals surface area contributed by atoms with Crippen molar-refractivity contribution in [2.24, 2.45) is 5.92 Å². The van der Waals surface area contributed by atoms with Crippen molar-refractivity contribution < 1.29 is 9.31 Å². The minimum atomic E-state index is -0.781. The van der Waals surface area contributed by atoms with Crippen LogP contribution in [-0.4, -0.2) is 24.6 Å². The smallest absolute Gasteiger partial charge is 0.295 e. The van der Waals surface area contributed by atoms with Crippen molar-refractivity contribution in [2.75, 3.05) is 25.0 Å². The Hall–Kier alpha value is -1.40. The predicted octanol–water partition coefficient (Wildman–Crippen LogP) is 2.41. The number of nitrogens with one attached hydrogen (secondary N) is 2. The average Bonchev–Trinajstić information content (AvgIpc) is 2.83. The number of hydrogen-bond donors (Lipinski definition) is 2. The number of nitro benzene ring substituents is 1. The van der Waals surface area contributed by atoms with Crippen molar-refractivity contribution in [2.45, 2.75) is 6.42 Å². The second-order valence-electron chi connectivity index (χ2n) is 4.28. The van der Waals surface area contributed by atoms with Gasteiger partial charge < -0.3 is 10.6 Å². The van der Waals surface area contributed by atoms with Crippen LogP contribution in [0.15, 0.2) is 12.1 Å². The predicted molar refractivity (Wildman–Crippen MR) is 67.5 cm³/mol. The summed E-state index contributed by atoms with van der Waals surface area (Å²) in [6.45, 7) is 2.45. The van der Waals surface area contributed by atoms with Gasteiger partial charge in [0, 0.05) is 6.54 Å². The molecule has 1 fully saturated rings. The Morgan fingerprint density at radius 1 is 1.61 bits per heavy atom.